The molecule has 0 aliphatic rings. The molecule has 0 fully saturated rings. The summed E-state index contributed by atoms with van der Waals surface area (Å²) >= 11 is 6.53. The van der Waals surface area contributed by atoms with Crippen molar-refractivity contribution < 1.29 is 14.2 Å². The van der Waals surface area contributed by atoms with Crippen molar-refractivity contribution in [3.63, 3.8) is 0 Å². The van der Waals surface area contributed by atoms with Crippen LogP contribution in [0.3, 0.4) is 0 Å². The maximum Gasteiger partial charge on any atom is 0.163 e. The van der Waals surface area contributed by atoms with Crippen molar-refractivity contribution in [2.45, 2.75) is 33.5 Å². The van der Waals surface area contributed by atoms with E-state index in [0.29, 0.717) is 36.3 Å². The van der Waals surface area contributed by atoms with Crippen molar-refractivity contribution in [2.24, 2.45) is 0 Å². The van der Waals surface area contributed by atoms with Gasteiger partial charge in [-0.25, -0.2) is 0 Å². The number of hydrogen-bond donors (Lipinski definition) is 1. The van der Waals surface area contributed by atoms with Gasteiger partial charge in [0.25, 0.3) is 0 Å². The van der Waals surface area contributed by atoms with E-state index in [1.165, 1.54) is 11.1 Å². The predicted molar refractivity (Wildman–Crippen MR) is 122 cm³/mol. The van der Waals surface area contributed by atoms with E-state index < -0.39 is 0 Å². The van der Waals surface area contributed by atoms with Crippen LogP contribution in [0, 0.1) is 6.92 Å². The molecule has 1 N–H and O–H groups in total. The summed E-state index contributed by atoms with van der Waals surface area (Å²) in [7, 11) is 1.67. The van der Waals surface area contributed by atoms with Gasteiger partial charge >= 0.3 is 0 Å². The van der Waals surface area contributed by atoms with Crippen molar-refractivity contribution >= 4 is 11.6 Å². The minimum Gasteiger partial charge on any atom is -0.497 e. The molecule has 30 heavy (non-hydrogen) atoms. The lowest BCUT2D eigenvalue weighted by atomic mass is 10.1. The molecule has 0 unspecified atom stereocenters. The largest absolute Gasteiger partial charge is 0.497 e. The molecule has 0 radical (unpaired) electrons. The van der Waals surface area contributed by atoms with Gasteiger partial charge in [-0.3, -0.25) is 0 Å². The van der Waals surface area contributed by atoms with E-state index >= 15 is 0 Å². The summed E-state index contributed by atoms with van der Waals surface area (Å²) in [6, 6.07) is 20.1. The summed E-state index contributed by atoms with van der Waals surface area (Å²) in [6.45, 7) is 6.41. The molecule has 158 valence electrons. The van der Waals surface area contributed by atoms with E-state index in [1.807, 2.05) is 43.3 Å². The molecule has 0 amide bonds. The Hall–Kier alpha value is -2.69. The third-order valence-corrected chi connectivity index (χ3v) is 5.08. The lowest BCUT2D eigenvalue weighted by Crippen LogP contribution is -2.13. The molecule has 0 aliphatic heterocycles. The van der Waals surface area contributed by atoms with E-state index in [1.54, 1.807) is 7.11 Å². The Labute approximate surface area is 183 Å². The maximum absolute atomic E-state index is 6.53. The summed E-state index contributed by atoms with van der Waals surface area (Å²) < 4.78 is 17.0. The van der Waals surface area contributed by atoms with Crippen LogP contribution in [0.1, 0.15) is 29.2 Å². The predicted octanol–water partition coefficient (Wildman–Crippen LogP) is 5.92. The topological polar surface area (TPSA) is 39.7 Å². The van der Waals surface area contributed by atoms with Gasteiger partial charge in [0.05, 0.1) is 13.7 Å². The standard InChI is InChI=1S/C25H28ClNO3/c1-4-29-24-13-21(16-27-15-19-9-11-22(28-3)12-10-19)23(26)14-25(24)30-17-20-7-5-18(2)6-8-20/h5-14,27H,4,15-17H2,1-3H3. The molecule has 3 aromatic rings. The minimum atomic E-state index is 0.464. The Morgan fingerprint density at radius 3 is 2.17 bits per heavy atom. The van der Waals surface area contributed by atoms with Gasteiger partial charge in [0.2, 0.25) is 0 Å². The number of halogens is 1. The van der Waals surface area contributed by atoms with Gasteiger partial charge in [-0.15, -0.1) is 0 Å². The Bertz CT molecular complexity index is 940. The molecule has 3 aromatic carbocycles. The lowest BCUT2D eigenvalue weighted by Gasteiger charge is -2.15. The number of rotatable bonds is 10. The van der Waals surface area contributed by atoms with Crippen molar-refractivity contribution in [1.82, 2.24) is 5.32 Å². The van der Waals surface area contributed by atoms with Crippen molar-refractivity contribution in [2.75, 3.05) is 13.7 Å². The number of benzene rings is 3. The first-order valence-electron chi connectivity index (χ1n) is 10.1. The molecule has 0 aromatic heterocycles. The monoisotopic (exact) mass is 425 g/mol. The van der Waals surface area contributed by atoms with Gasteiger partial charge in [-0.05, 0) is 48.7 Å². The fourth-order valence-corrected chi connectivity index (χ4v) is 3.24. The van der Waals surface area contributed by atoms with Gasteiger partial charge in [-0.1, -0.05) is 53.6 Å². The van der Waals surface area contributed by atoms with Crippen LogP contribution in [0.4, 0.5) is 0 Å². The van der Waals surface area contributed by atoms with E-state index in [-0.39, 0.29) is 0 Å². The maximum atomic E-state index is 6.53. The fraction of sp³-hybridized carbons (Fsp3) is 0.280. The number of hydrogen-bond acceptors (Lipinski definition) is 4. The summed E-state index contributed by atoms with van der Waals surface area (Å²) in [5.74, 6) is 2.21. The van der Waals surface area contributed by atoms with Crippen LogP contribution in [0.15, 0.2) is 60.7 Å². The van der Waals surface area contributed by atoms with E-state index in [9.17, 15) is 0 Å². The first-order valence-corrected chi connectivity index (χ1v) is 10.4. The highest BCUT2D eigenvalue weighted by atomic mass is 35.5. The SMILES string of the molecule is CCOc1cc(CNCc2ccc(OC)cc2)c(Cl)cc1OCc1ccc(C)cc1. The van der Waals surface area contributed by atoms with Crippen molar-refractivity contribution in [3.8, 4) is 17.2 Å². The van der Waals surface area contributed by atoms with Crippen LogP contribution in [-0.4, -0.2) is 13.7 Å². The highest BCUT2D eigenvalue weighted by Gasteiger charge is 2.12. The average Bonchev–Trinajstić information content (AvgIpc) is 2.76. The van der Waals surface area contributed by atoms with Crippen molar-refractivity contribution in [3.05, 3.63) is 87.9 Å². The van der Waals surface area contributed by atoms with Crippen molar-refractivity contribution in [1.29, 1.82) is 0 Å². The van der Waals surface area contributed by atoms with Gasteiger partial charge in [-0.2, -0.15) is 0 Å². The van der Waals surface area contributed by atoms with Crippen LogP contribution in [-0.2, 0) is 19.7 Å². The van der Waals surface area contributed by atoms with E-state index in [2.05, 4.69) is 36.5 Å². The molecule has 0 spiro atoms. The first-order chi connectivity index (χ1) is 14.6. The summed E-state index contributed by atoms with van der Waals surface area (Å²) in [6.07, 6.45) is 0. The highest BCUT2D eigenvalue weighted by molar-refractivity contribution is 6.31. The molecule has 0 atom stereocenters. The number of methoxy groups -OCH3 is 1. The quantitative estimate of drug-likeness (QED) is 0.437. The molecular formula is C25H28ClNO3. The van der Waals surface area contributed by atoms with Crippen LogP contribution >= 0.6 is 11.6 Å². The normalized spacial score (nSPS) is 10.7. The molecule has 0 bridgehead atoms. The van der Waals surface area contributed by atoms with Gasteiger partial charge < -0.3 is 19.5 Å². The second kappa shape index (κ2) is 10.9. The molecular weight excluding hydrogens is 398 g/mol. The zero-order valence-electron chi connectivity index (χ0n) is 17.7. The van der Waals surface area contributed by atoms with Crippen LogP contribution in [0.2, 0.25) is 5.02 Å². The smallest absolute Gasteiger partial charge is 0.163 e. The van der Waals surface area contributed by atoms with Gasteiger partial charge in [0.1, 0.15) is 12.4 Å². The molecule has 0 aliphatic carbocycles. The van der Waals surface area contributed by atoms with Crippen LogP contribution in [0.25, 0.3) is 0 Å². The third kappa shape index (κ3) is 6.15. The number of aryl methyl sites for hydroxylation is 1. The minimum absolute atomic E-state index is 0.464. The third-order valence-electron chi connectivity index (χ3n) is 4.73. The number of ether oxygens (including phenoxy) is 3. The molecule has 5 heteroatoms. The first kappa shape index (κ1) is 22.0. The number of nitrogens with one attached hydrogen (secondary N) is 1. The second-order valence-corrected chi connectivity index (χ2v) is 7.46. The summed E-state index contributed by atoms with van der Waals surface area (Å²) in [5, 5.41) is 4.08. The average molecular weight is 426 g/mol. The van der Waals surface area contributed by atoms with Crippen LogP contribution < -0.4 is 19.5 Å². The fourth-order valence-electron chi connectivity index (χ4n) is 3.02. The lowest BCUT2D eigenvalue weighted by molar-refractivity contribution is 0.269. The Kier molecular flexibility index (Phi) is 8.00. The second-order valence-electron chi connectivity index (χ2n) is 7.05. The van der Waals surface area contributed by atoms with E-state index in [0.717, 1.165) is 23.4 Å². The summed E-state index contributed by atoms with van der Waals surface area (Å²) in [5.41, 5.74) is 4.47. The van der Waals surface area contributed by atoms with Gasteiger partial charge in [0.15, 0.2) is 11.5 Å². The highest BCUT2D eigenvalue weighted by Crippen LogP contribution is 2.34. The Morgan fingerprint density at radius 2 is 1.50 bits per heavy atom. The van der Waals surface area contributed by atoms with Gasteiger partial charge in [0, 0.05) is 24.2 Å². The van der Waals surface area contributed by atoms with Crippen LogP contribution in [0.5, 0.6) is 17.2 Å². The molecule has 0 saturated carbocycles. The molecule has 0 saturated heterocycles. The zero-order valence-corrected chi connectivity index (χ0v) is 18.5. The molecule has 0 heterocycles. The zero-order chi connectivity index (χ0) is 21.3. The molecule has 3 rings (SSSR count). The Morgan fingerprint density at radius 1 is 0.833 bits per heavy atom. The van der Waals surface area contributed by atoms with E-state index in [4.69, 9.17) is 25.8 Å². The molecule has 4 nitrogen and oxygen atoms in total. The Balaban J connectivity index is 1.64. The summed E-state index contributed by atoms with van der Waals surface area (Å²) in [4.78, 5) is 0.